The molecule has 0 aliphatic heterocycles. The van der Waals surface area contributed by atoms with Crippen molar-refractivity contribution in [2.45, 2.75) is 27.2 Å². The lowest BCUT2D eigenvalue weighted by Gasteiger charge is -2.20. The third-order valence-corrected chi connectivity index (χ3v) is 3.01. The number of benzene rings is 1. The Kier molecular flexibility index (Phi) is 4.53. The molecule has 1 aromatic carbocycles. The van der Waals surface area contributed by atoms with Crippen LogP contribution in [0.5, 0.6) is 11.5 Å². The highest BCUT2D eigenvalue weighted by Gasteiger charge is 2.29. The van der Waals surface area contributed by atoms with Gasteiger partial charge in [-0.1, -0.05) is 6.92 Å². The quantitative estimate of drug-likeness (QED) is 0.669. The first-order valence-electron chi connectivity index (χ1n) is 5.95. The Morgan fingerprint density at radius 2 is 1.95 bits per heavy atom. The first-order chi connectivity index (χ1) is 8.81. The Hall–Kier alpha value is -2.04. The molecule has 19 heavy (non-hydrogen) atoms. The Morgan fingerprint density at radius 1 is 1.32 bits per heavy atom. The predicted molar refractivity (Wildman–Crippen MR) is 69.2 cm³/mol. The Morgan fingerprint density at radius 3 is 2.47 bits per heavy atom. The molecule has 0 heterocycles. The molecule has 0 spiro atoms. The van der Waals surface area contributed by atoms with Gasteiger partial charge in [-0.2, -0.15) is 0 Å². The van der Waals surface area contributed by atoms with Crippen molar-refractivity contribution in [2.75, 3.05) is 7.11 Å². The van der Waals surface area contributed by atoms with Gasteiger partial charge in [0, 0.05) is 6.07 Å². The maximum atomic E-state index is 12.0. The van der Waals surface area contributed by atoms with Crippen molar-refractivity contribution in [1.29, 1.82) is 0 Å². The van der Waals surface area contributed by atoms with E-state index in [2.05, 4.69) is 4.74 Å². The van der Waals surface area contributed by atoms with Crippen molar-refractivity contribution in [1.82, 2.24) is 0 Å². The lowest BCUT2D eigenvalue weighted by molar-refractivity contribution is -0.144. The summed E-state index contributed by atoms with van der Waals surface area (Å²) >= 11 is 0. The van der Waals surface area contributed by atoms with Gasteiger partial charge in [0.15, 0.2) is 0 Å². The van der Waals surface area contributed by atoms with Crippen LogP contribution in [0.2, 0.25) is 0 Å². The summed E-state index contributed by atoms with van der Waals surface area (Å²) in [6.07, 6.45) is 0.595. The summed E-state index contributed by atoms with van der Waals surface area (Å²) < 4.78 is 9.80. The van der Waals surface area contributed by atoms with Gasteiger partial charge in [-0.05, 0) is 32.4 Å². The molecule has 1 rings (SSSR count). The summed E-state index contributed by atoms with van der Waals surface area (Å²) in [5.74, 6) is -1.19. The number of carbonyl (C=O) groups is 2. The fourth-order valence-corrected chi connectivity index (χ4v) is 1.26. The van der Waals surface area contributed by atoms with Gasteiger partial charge in [0.25, 0.3) is 0 Å². The molecule has 1 N–H and O–H groups in total. The van der Waals surface area contributed by atoms with Gasteiger partial charge in [-0.15, -0.1) is 0 Å². The lowest BCUT2D eigenvalue weighted by Crippen LogP contribution is -2.28. The smallest absolute Gasteiger partial charge is 0.341 e. The summed E-state index contributed by atoms with van der Waals surface area (Å²) in [5.41, 5.74) is -0.570. The van der Waals surface area contributed by atoms with Crippen molar-refractivity contribution in [2.24, 2.45) is 5.41 Å². The van der Waals surface area contributed by atoms with E-state index >= 15 is 0 Å². The van der Waals surface area contributed by atoms with Gasteiger partial charge in [0.1, 0.15) is 17.1 Å². The van der Waals surface area contributed by atoms with Crippen molar-refractivity contribution >= 4 is 11.9 Å². The van der Waals surface area contributed by atoms with E-state index in [1.54, 1.807) is 13.8 Å². The molecule has 0 fully saturated rings. The summed E-state index contributed by atoms with van der Waals surface area (Å²) in [4.78, 5) is 23.5. The zero-order chi connectivity index (χ0) is 14.6. The van der Waals surface area contributed by atoms with E-state index in [0.717, 1.165) is 0 Å². The SMILES string of the molecule is CCC(C)(C)C(=O)Oc1cc(O)ccc1C(=O)OC. The molecule has 1 aromatic rings. The summed E-state index contributed by atoms with van der Waals surface area (Å²) in [5, 5.41) is 9.42. The van der Waals surface area contributed by atoms with Gasteiger partial charge in [-0.3, -0.25) is 4.79 Å². The molecule has 0 bridgehead atoms. The zero-order valence-electron chi connectivity index (χ0n) is 11.5. The van der Waals surface area contributed by atoms with Crippen molar-refractivity contribution in [3.63, 3.8) is 0 Å². The number of hydrogen-bond acceptors (Lipinski definition) is 5. The fourth-order valence-electron chi connectivity index (χ4n) is 1.26. The van der Waals surface area contributed by atoms with Gasteiger partial charge in [-0.25, -0.2) is 4.79 Å². The van der Waals surface area contributed by atoms with Gasteiger partial charge in [0.2, 0.25) is 0 Å². The van der Waals surface area contributed by atoms with Crippen LogP contribution in [0.3, 0.4) is 0 Å². The number of hydrogen-bond donors (Lipinski definition) is 1. The third-order valence-electron chi connectivity index (χ3n) is 3.01. The molecule has 0 aliphatic carbocycles. The lowest BCUT2D eigenvalue weighted by atomic mass is 9.91. The van der Waals surface area contributed by atoms with Crippen LogP contribution in [-0.2, 0) is 9.53 Å². The Bertz CT molecular complexity index is 491. The second-order valence-corrected chi connectivity index (χ2v) is 4.80. The molecule has 0 atom stereocenters. The third kappa shape index (κ3) is 3.47. The number of ether oxygens (including phenoxy) is 2. The normalized spacial score (nSPS) is 10.9. The number of phenols is 1. The van der Waals surface area contributed by atoms with Crippen LogP contribution in [0.4, 0.5) is 0 Å². The molecule has 0 saturated heterocycles. The number of aromatic hydroxyl groups is 1. The predicted octanol–water partition coefficient (Wildman–Crippen LogP) is 2.52. The van der Waals surface area contributed by atoms with Crippen LogP contribution < -0.4 is 4.74 Å². The van der Waals surface area contributed by atoms with E-state index in [1.807, 2.05) is 6.92 Å². The molecule has 5 nitrogen and oxygen atoms in total. The van der Waals surface area contributed by atoms with Crippen LogP contribution in [0, 0.1) is 5.41 Å². The molecule has 0 aliphatic rings. The summed E-state index contributed by atoms with van der Waals surface area (Å²) in [7, 11) is 1.23. The summed E-state index contributed by atoms with van der Waals surface area (Å²) in [6.45, 7) is 5.36. The van der Waals surface area contributed by atoms with Crippen LogP contribution in [-0.4, -0.2) is 24.2 Å². The average molecular weight is 266 g/mol. The Labute approximate surface area is 112 Å². The van der Waals surface area contributed by atoms with Crippen LogP contribution in [0.25, 0.3) is 0 Å². The van der Waals surface area contributed by atoms with E-state index in [0.29, 0.717) is 6.42 Å². The highest BCUT2D eigenvalue weighted by atomic mass is 16.5. The summed E-state index contributed by atoms with van der Waals surface area (Å²) in [6, 6.07) is 3.90. The zero-order valence-corrected chi connectivity index (χ0v) is 11.5. The van der Waals surface area contributed by atoms with E-state index in [-0.39, 0.29) is 17.1 Å². The molecule has 0 radical (unpaired) electrons. The van der Waals surface area contributed by atoms with Gasteiger partial charge in [0.05, 0.1) is 12.5 Å². The number of carbonyl (C=O) groups excluding carboxylic acids is 2. The van der Waals surface area contributed by atoms with E-state index in [9.17, 15) is 14.7 Å². The molecular formula is C14H18O5. The highest BCUT2D eigenvalue weighted by molar-refractivity contribution is 5.94. The number of phenolic OH excluding ortho intramolecular Hbond substituents is 1. The monoisotopic (exact) mass is 266 g/mol. The van der Waals surface area contributed by atoms with Crippen LogP contribution in [0.15, 0.2) is 18.2 Å². The highest BCUT2D eigenvalue weighted by Crippen LogP contribution is 2.28. The van der Waals surface area contributed by atoms with Crippen molar-refractivity contribution < 1.29 is 24.2 Å². The van der Waals surface area contributed by atoms with Crippen LogP contribution in [0.1, 0.15) is 37.6 Å². The minimum absolute atomic E-state index is 0.00150. The topological polar surface area (TPSA) is 72.8 Å². The second-order valence-electron chi connectivity index (χ2n) is 4.80. The van der Waals surface area contributed by atoms with Gasteiger partial charge >= 0.3 is 11.9 Å². The fraction of sp³-hybridized carbons (Fsp3) is 0.429. The first kappa shape index (κ1) is 15.0. The molecule has 0 saturated carbocycles. The molecular weight excluding hydrogens is 248 g/mol. The molecule has 5 heteroatoms. The molecule has 0 amide bonds. The molecule has 104 valence electrons. The number of esters is 2. The largest absolute Gasteiger partial charge is 0.508 e. The average Bonchev–Trinajstić information content (AvgIpc) is 2.38. The standard InChI is InChI=1S/C14H18O5/c1-5-14(2,3)13(17)19-11-8-9(15)6-7-10(11)12(16)18-4/h6-8,15H,5H2,1-4H3. The first-order valence-corrected chi connectivity index (χ1v) is 5.95. The number of rotatable bonds is 4. The van der Waals surface area contributed by atoms with E-state index < -0.39 is 17.4 Å². The minimum Gasteiger partial charge on any atom is -0.508 e. The maximum Gasteiger partial charge on any atom is 0.341 e. The second kappa shape index (κ2) is 5.73. The van der Waals surface area contributed by atoms with Crippen molar-refractivity contribution in [3.8, 4) is 11.5 Å². The molecule has 0 unspecified atom stereocenters. The van der Waals surface area contributed by atoms with E-state index in [1.165, 1.54) is 25.3 Å². The minimum atomic E-state index is -0.668. The van der Waals surface area contributed by atoms with Crippen LogP contribution >= 0.6 is 0 Å². The maximum absolute atomic E-state index is 12.0. The van der Waals surface area contributed by atoms with E-state index in [4.69, 9.17) is 4.74 Å². The van der Waals surface area contributed by atoms with Gasteiger partial charge < -0.3 is 14.6 Å². The van der Waals surface area contributed by atoms with Crippen molar-refractivity contribution in [3.05, 3.63) is 23.8 Å². The molecule has 0 aromatic heterocycles. The number of methoxy groups -OCH3 is 1. The Balaban J connectivity index is 3.09.